The molecule has 6 nitrogen and oxygen atoms in total. The third-order valence-corrected chi connectivity index (χ3v) is 5.69. The Morgan fingerprint density at radius 3 is 2.80 bits per heavy atom. The van der Waals surface area contributed by atoms with Gasteiger partial charge in [-0.1, -0.05) is 30.0 Å². The highest BCUT2D eigenvalue weighted by atomic mass is 32.2. The van der Waals surface area contributed by atoms with E-state index in [0.29, 0.717) is 22.3 Å². The summed E-state index contributed by atoms with van der Waals surface area (Å²) in [5.74, 6) is 0.989. The van der Waals surface area contributed by atoms with Gasteiger partial charge in [0.05, 0.1) is 10.6 Å². The predicted octanol–water partition coefficient (Wildman–Crippen LogP) is 3.90. The quantitative estimate of drug-likeness (QED) is 0.401. The largest absolute Gasteiger partial charge is 0.419 e. The molecule has 25 heavy (non-hydrogen) atoms. The van der Waals surface area contributed by atoms with E-state index in [1.54, 1.807) is 17.7 Å². The molecule has 0 radical (unpaired) electrons. The van der Waals surface area contributed by atoms with E-state index in [-0.39, 0.29) is 10.8 Å². The van der Waals surface area contributed by atoms with E-state index in [1.165, 1.54) is 23.1 Å². The minimum Gasteiger partial charge on any atom is -0.419 e. The van der Waals surface area contributed by atoms with Crippen LogP contribution in [-0.2, 0) is 7.05 Å². The Balaban J connectivity index is 1.62. The molecule has 1 atom stereocenters. The standard InChI is InChI=1S/C17H14N4O2S2/c1-10(13-19-20-14(23-13)11-6-4-3-5-7-11)25-17-18-15-12(8-9-24-15)16(22)21(17)2/h3-10H,1-2H3. The molecule has 0 saturated carbocycles. The Hall–Kier alpha value is -2.45. The number of thioether (sulfide) groups is 1. The van der Waals surface area contributed by atoms with Crippen molar-refractivity contribution in [2.75, 3.05) is 0 Å². The lowest BCUT2D eigenvalue weighted by Crippen LogP contribution is -2.19. The molecular weight excluding hydrogens is 356 g/mol. The SMILES string of the molecule is CC(Sc1nc2sccc2c(=O)n1C)c1nnc(-c2ccccc2)o1. The van der Waals surface area contributed by atoms with Crippen molar-refractivity contribution in [3.63, 3.8) is 0 Å². The molecule has 0 fully saturated rings. The molecule has 4 rings (SSSR count). The van der Waals surface area contributed by atoms with Crippen molar-refractivity contribution in [2.24, 2.45) is 7.05 Å². The normalized spacial score (nSPS) is 12.6. The zero-order chi connectivity index (χ0) is 17.4. The highest BCUT2D eigenvalue weighted by molar-refractivity contribution is 7.99. The first-order valence-corrected chi connectivity index (χ1v) is 9.39. The fraction of sp³-hybridized carbons (Fsp3) is 0.176. The molecule has 0 aliphatic heterocycles. The predicted molar refractivity (Wildman–Crippen MR) is 98.9 cm³/mol. The van der Waals surface area contributed by atoms with Crippen molar-refractivity contribution in [1.82, 2.24) is 19.7 Å². The summed E-state index contributed by atoms with van der Waals surface area (Å²) in [7, 11) is 1.73. The van der Waals surface area contributed by atoms with Crippen LogP contribution in [0.2, 0.25) is 0 Å². The number of fused-ring (bicyclic) bond motifs is 1. The average molecular weight is 370 g/mol. The van der Waals surface area contributed by atoms with E-state index in [4.69, 9.17) is 4.42 Å². The lowest BCUT2D eigenvalue weighted by atomic mass is 10.2. The number of nitrogens with zero attached hydrogens (tertiary/aromatic N) is 4. The number of hydrogen-bond donors (Lipinski definition) is 0. The molecule has 0 spiro atoms. The first-order chi connectivity index (χ1) is 12.1. The summed E-state index contributed by atoms with van der Waals surface area (Å²) in [6.07, 6.45) is 0. The summed E-state index contributed by atoms with van der Waals surface area (Å²) in [6, 6.07) is 11.4. The minimum atomic E-state index is -0.125. The molecule has 0 aliphatic rings. The third kappa shape index (κ3) is 2.98. The van der Waals surface area contributed by atoms with Gasteiger partial charge in [-0.05, 0) is 30.5 Å². The van der Waals surface area contributed by atoms with Crippen molar-refractivity contribution in [3.05, 3.63) is 58.0 Å². The number of thiophene rings is 1. The van der Waals surface area contributed by atoms with E-state index in [1.807, 2.05) is 42.6 Å². The van der Waals surface area contributed by atoms with Crippen LogP contribution in [-0.4, -0.2) is 19.7 Å². The molecule has 0 N–H and O–H groups in total. The second kappa shape index (κ2) is 6.45. The molecule has 1 unspecified atom stereocenters. The molecule has 1 aromatic carbocycles. The maximum atomic E-state index is 12.4. The van der Waals surface area contributed by atoms with Crippen molar-refractivity contribution < 1.29 is 4.42 Å². The van der Waals surface area contributed by atoms with Gasteiger partial charge < -0.3 is 4.42 Å². The summed E-state index contributed by atoms with van der Waals surface area (Å²) in [6.45, 7) is 1.96. The zero-order valence-corrected chi connectivity index (χ0v) is 15.2. The molecule has 3 heterocycles. The van der Waals surface area contributed by atoms with E-state index < -0.39 is 0 Å². The fourth-order valence-electron chi connectivity index (χ4n) is 2.39. The third-order valence-electron chi connectivity index (χ3n) is 3.76. The molecule has 4 aromatic rings. The van der Waals surface area contributed by atoms with Crippen molar-refractivity contribution in [2.45, 2.75) is 17.3 Å². The molecule has 0 aliphatic carbocycles. The highest BCUT2D eigenvalue weighted by Crippen LogP contribution is 2.34. The van der Waals surface area contributed by atoms with Gasteiger partial charge >= 0.3 is 0 Å². The van der Waals surface area contributed by atoms with E-state index in [9.17, 15) is 4.79 Å². The average Bonchev–Trinajstić information content (AvgIpc) is 3.29. The summed E-state index contributed by atoms with van der Waals surface area (Å²) in [4.78, 5) is 17.7. The Morgan fingerprint density at radius 1 is 1.20 bits per heavy atom. The van der Waals surface area contributed by atoms with Crippen LogP contribution in [0.25, 0.3) is 21.7 Å². The minimum absolute atomic E-state index is 0.0450. The second-order valence-corrected chi connectivity index (χ2v) is 7.67. The molecule has 8 heteroatoms. The summed E-state index contributed by atoms with van der Waals surface area (Å²) >= 11 is 2.89. The fourth-order valence-corrected chi connectivity index (χ4v) is 4.10. The van der Waals surface area contributed by atoms with Gasteiger partial charge in [-0.2, -0.15) is 0 Å². The zero-order valence-electron chi connectivity index (χ0n) is 13.5. The van der Waals surface area contributed by atoms with Crippen LogP contribution in [0.4, 0.5) is 0 Å². The number of aromatic nitrogens is 4. The van der Waals surface area contributed by atoms with E-state index in [2.05, 4.69) is 15.2 Å². The first kappa shape index (κ1) is 16.0. The lowest BCUT2D eigenvalue weighted by molar-refractivity contribution is 0.508. The van der Waals surface area contributed by atoms with Crippen molar-refractivity contribution >= 4 is 33.3 Å². The van der Waals surface area contributed by atoms with Crippen LogP contribution >= 0.6 is 23.1 Å². The summed E-state index contributed by atoms with van der Waals surface area (Å²) in [5.41, 5.74) is 0.834. The highest BCUT2D eigenvalue weighted by Gasteiger charge is 2.19. The number of benzene rings is 1. The monoisotopic (exact) mass is 370 g/mol. The number of hydrogen-bond acceptors (Lipinski definition) is 7. The Kier molecular flexibility index (Phi) is 4.14. The van der Waals surface area contributed by atoms with Crippen LogP contribution < -0.4 is 5.56 Å². The van der Waals surface area contributed by atoms with Crippen molar-refractivity contribution in [3.8, 4) is 11.5 Å². The van der Waals surface area contributed by atoms with Crippen molar-refractivity contribution in [1.29, 1.82) is 0 Å². The molecule has 3 aromatic heterocycles. The molecular formula is C17H14N4O2S2. The first-order valence-electron chi connectivity index (χ1n) is 7.63. The lowest BCUT2D eigenvalue weighted by Gasteiger charge is -2.09. The van der Waals surface area contributed by atoms with Crippen LogP contribution in [0.3, 0.4) is 0 Å². The topological polar surface area (TPSA) is 73.8 Å². The van der Waals surface area contributed by atoms with E-state index >= 15 is 0 Å². The van der Waals surface area contributed by atoms with Gasteiger partial charge in [-0.25, -0.2) is 4.98 Å². The van der Waals surface area contributed by atoms with Gasteiger partial charge in [-0.3, -0.25) is 9.36 Å². The van der Waals surface area contributed by atoms with Gasteiger partial charge in [0.2, 0.25) is 11.8 Å². The van der Waals surface area contributed by atoms with Gasteiger partial charge in [0.1, 0.15) is 4.83 Å². The maximum absolute atomic E-state index is 12.4. The summed E-state index contributed by atoms with van der Waals surface area (Å²) in [5, 5.41) is 11.3. The smallest absolute Gasteiger partial charge is 0.262 e. The Bertz CT molecular complexity index is 1080. The van der Waals surface area contributed by atoms with Gasteiger partial charge in [0.15, 0.2) is 5.16 Å². The van der Waals surface area contributed by atoms with E-state index in [0.717, 1.165) is 10.4 Å². The van der Waals surface area contributed by atoms with Crippen LogP contribution in [0.5, 0.6) is 0 Å². The maximum Gasteiger partial charge on any atom is 0.262 e. The van der Waals surface area contributed by atoms with Gasteiger partial charge in [0.25, 0.3) is 5.56 Å². The Labute approximate surface area is 151 Å². The molecule has 0 bridgehead atoms. The van der Waals surface area contributed by atoms with Crippen LogP contribution in [0.1, 0.15) is 18.1 Å². The van der Waals surface area contributed by atoms with Crippen LogP contribution in [0, 0.1) is 0 Å². The molecule has 126 valence electrons. The number of rotatable bonds is 4. The second-order valence-electron chi connectivity index (χ2n) is 5.47. The molecule has 0 amide bonds. The van der Waals surface area contributed by atoms with Gasteiger partial charge in [0, 0.05) is 12.6 Å². The Morgan fingerprint density at radius 2 is 2.00 bits per heavy atom. The molecule has 0 saturated heterocycles. The summed E-state index contributed by atoms with van der Waals surface area (Å²) < 4.78 is 7.35. The van der Waals surface area contributed by atoms with Gasteiger partial charge in [-0.15, -0.1) is 21.5 Å². The van der Waals surface area contributed by atoms with Crippen LogP contribution in [0.15, 0.2) is 56.1 Å².